The molecule has 0 aliphatic carbocycles. The van der Waals surface area contributed by atoms with Crippen LogP contribution < -0.4 is 4.90 Å². The summed E-state index contributed by atoms with van der Waals surface area (Å²) < 4.78 is 43.9. The number of fused-ring (bicyclic) bond motifs is 1. The van der Waals surface area contributed by atoms with Crippen LogP contribution in [0, 0.1) is 5.41 Å². The fourth-order valence-corrected chi connectivity index (χ4v) is 4.63. The minimum Gasteiger partial charge on any atom is -0.475 e. The van der Waals surface area contributed by atoms with E-state index >= 15 is 0 Å². The third-order valence-electron chi connectivity index (χ3n) is 5.18. The van der Waals surface area contributed by atoms with Crippen LogP contribution >= 0.6 is 11.3 Å². The van der Waals surface area contributed by atoms with Crippen LogP contribution in [0.2, 0.25) is 0 Å². The van der Waals surface area contributed by atoms with Gasteiger partial charge in [-0.2, -0.15) is 13.2 Å². The number of carbonyl (C=O) groups is 2. The summed E-state index contributed by atoms with van der Waals surface area (Å²) in [7, 11) is 1.66. The van der Waals surface area contributed by atoms with E-state index in [1.807, 2.05) is 16.3 Å². The second-order valence-corrected chi connectivity index (χ2v) is 8.51. The molecule has 1 atom stereocenters. The SMILES string of the molecule is COCCN1CC2(COCCN(c3ncnc4ccsc34)C2)CC1=O.O=C(O)C(F)(F)F. The summed E-state index contributed by atoms with van der Waals surface area (Å²) in [4.78, 5) is 34.4. The highest BCUT2D eigenvalue weighted by atomic mass is 32.1. The summed E-state index contributed by atoms with van der Waals surface area (Å²) >= 11 is 1.66. The van der Waals surface area contributed by atoms with E-state index in [-0.39, 0.29) is 11.3 Å². The molecule has 2 aliphatic rings. The number of ether oxygens (including phenoxy) is 2. The van der Waals surface area contributed by atoms with Gasteiger partial charge in [0.1, 0.15) is 12.1 Å². The molecule has 1 amide bonds. The molecule has 0 saturated carbocycles. The lowest BCUT2D eigenvalue weighted by Gasteiger charge is -2.32. The maximum Gasteiger partial charge on any atom is 0.490 e. The number of amides is 1. The van der Waals surface area contributed by atoms with Crippen molar-refractivity contribution in [2.75, 3.05) is 58.0 Å². The molecule has 0 bridgehead atoms. The number of methoxy groups -OCH3 is 1. The standard InChI is InChI=1S/C17H22N4O3S.C2HF3O2/c1-23-5-3-20-9-17(8-14(20)22)10-21(4-6-24-11-17)16-15-13(2-7-25-15)18-12-19-16;3-2(4,5)1(6)7/h2,7,12H,3-6,8-11H2,1H3;(H,6,7). The number of rotatable bonds is 4. The number of thiophene rings is 1. The Labute approximate surface area is 185 Å². The van der Waals surface area contributed by atoms with Gasteiger partial charge in [0.15, 0.2) is 0 Å². The van der Waals surface area contributed by atoms with Crippen LogP contribution in [0.3, 0.4) is 0 Å². The van der Waals surface area contributed by atoms with E-state index in [0.717, 1.165) is 29.1 Å². The zero-order valence-electron chi connectivity index (χ0n) is 17.3. The molecule has 1 spiro atoms. The summed E-state index contributed by atoms with van der Waals surface area (Å²) in [6.07, 6.45) is -2.95. The highest BCUT2D eigenvalue weighted by Gasteiger charge is 2.45. The van der Waals surface area contributed by atoms with E-state index in [1.165, 1.54) is 0 Å². The molecule has 2 fully saturated rings. The van der Waals surface area contributed by atoms with Crippen molar-refractivity contribution in [3.63, 3.8) is 0 Å². The van der Waals surface area contributed by atoms with Crippen LogP contribution in [0.5, 0.6) is 0 Å². The van der Waals surface area contributed by atoms with Crippen molar-refractivity contribution in [2.45, 2.75) is 12.6 Å². The quantitative estimate of drug-likeness (QED) is 0.715. The summed E-state index contributed by atoms with van der Waals surface area (Å²) in [5.74, 6) is -1.62. The third-order valence-corrected chi connectivity index (χ3v) is 6.08. The molecular formula is C19H23F3N4O5S. The Morgan fingerprint density at radius 1 is 1.38 bits per heavy atom. The number of aliphatic carboxylic acids is 1. The molecule has 1 unspecified atom stereocenters. The minimum atomic E-state index is -5.08. The van der Waals surface area contributed by atoms with E-state index in [1.54, 1.807) is 24.8 Å². The Balaban J connectivity index is 0.000000360. The minimum absolute atomic E-state index is 0.185. The molecule has 1 N–H and O–H groups in total. The molecule has 32 heavy (non-hydrogen) atoms. The number of aromatic nitrogens is 2. The zero-order valence-corrected chi connectivity index (χ0v) is 18.1. The van der Waals surface area contributed by atoms with Crippen molar-refractivity contribution >= 4 is 39.2 Å². The van der Waals surface area contributed by atoms with Gasteiger partial charge in [0, 0.05) is 45.1 Å². The van der Waals surface area contributed by atoms with Gasteiger partial charge >= 0.3 is 12.1 Å². The van der Waals surface area contributed by atoms with Crippen molar-refractivity contribution in [2.24, 2.45) is 5.41 Å². The number of carboxylic acids is 1. The molecule has 2 aromatic heterocycles. The Morgan fingerprint density at radius 2 is 2.12 bits per heavy atom. The lowest BCUT2D eigenvalue weighted by atomic mass is 9.87. The third kappa shape index (κ3) is 5.64. The molecule has 2 saturated heterocycles. The van der Waals surface area contributed by atoms with Gasteiger partial charge in [-0.3, -0.25) is 4.79 Å². The van der Waals surface area contributed by atoms with Crippen LogP contribution in [0.4, 0.5) is 19.0 Å². The van der Waals surface area contributed by atoms with Crippen LogP contribution in [0.15, 0.2) is 17.8 Å². The molecule has 0 radical (unpaired) electrons. The van der Waals surface area contributed by atoms with Crippen LogP contribution in [-0.2, 0) is 19.1 Å². The van der Waals surface area contributed by atoms with Gasteiger partial charge in [-0.05, 0) is 11.4 Å². The van der Waals surface area contributed by atoms with Crippen LogP contribution in [0.1, 0.15) is 6.42 Å². The molecule has 9 nitrogen and oxygen atoms in total. The Morgan fingerprint density at radius 3 is 2.81 bits per heavy atom. The normalized spacial score (nSPS) is 21.6. The van der Waals surface area contributed by atoms with Gasteiger partial charge in [-0.1, -0.05) is 0 Å². The van der Waals surface area contributed by atoms with Gasteiger partial charge in [0.2, 0.25) is 5.91 Å². The second-order valence-electron chi connectivity index (χ2n) is 7.59. The molecular weight excluding hydrogens is 453 g/mol. The number of hydrogen-bond acceptors (Lipinski definition) is 8. The Hall–Kier alpha value is -2.51. The van der Waals surface area contributed by atoms with Gasteiger partial charge in [-0.15, -0.1) is 11.3 Å². The summed E-state index contributed by atoms with van der Waals surface area (Å²) in [5, 5.41) is 9.17. The van der Waals surface area contributed by atoms with E-state index in [0.29, 0.717) is 39.3 Å². The Bertz CT molecular complexity index is 956. The van der Waals surface area contributed by atoms with E-state index < -0.39 is 12.1 Å². The summed E-state index contributed by atoms with van der Waals surface area (Å²) in [6, 6.07) is 2.01. The molecule has 13 heteroatoms. The lowest BCUT2D eigenvalue weighted by molar-refractivity contribution is -0.192. The largest absolute Gasteiger partial charge is 0.490 e. The predicted octanol–water partition coefficient (Wildman–Crippen LogP) is 2.03. The topological polar surface area (TPSA) is 105 Å². The zero-order chi connectivity index (χ0) is 23.4. The van der Waals surface area contributed by atoms with Crippen molar-refractivity contribution in [3.8, 4) is 0 Å². The van der Waals surface area contributed by atoms with E-state index in [9.17, 15) is 18.0 Å². The van der Waals surface area contributed by atoms with E-state index in [2.05, 4.69) is 14.9 Å². The number of alkyl halides is 3. The monoisotopic (exact) mass is 476 g/mol. The van der Waals surface area contributed by atoms with Crippen LogP contribution in [0.25, 0.3) is 10.2 Å². The molecule has 2 aliphatic heterocycles. The maximum absolute atomic E-state index is 12.5. The average molecular weight is 476 g/mol. The molecule has 4 rings (SSSR count). The second kappa shape index (κ2) is 9.96. The smallest absolute Gasteiger partial charge is 0.475 e. The maximum atomic E-state index is 12.5. The number of likely N-dealkylation sites (tertiary alicyclic amines) is 1. The van der Waals surface area contributed by atoms with Gasteiger partial charge in [0.25, 0.3) is 0 Å². The molecule has 176 valence electrons. The highest BCUT2D eigenvalue weighted by Crippen LogP contribution is 2.37. The summed E-state index contributed by atoms with van der Waals surface area (Å²) in [6.45, 7) is 4.71. The summed E-state index contributed by atoms with van der Waals surface area (Å²) in [5.41, 5.74) is 0.786. The number of carbonyl (C=O) groups excluding carboxylic acids is 1. The lowest BCUT2D eigenvalue weighted by Crippen LogP contribution is -2.41. The van der Waals surface area contributed by atoms with Crippen molar-refractivity contribution in [1.82, 2.24) is 14.9 Å². The average Bonchev–Trinajstić information content (AvgIpc) is 3.26. The number of anilines is 1. The van der Waals surface area contributed by atoms with Crippen LogP contribution in [-0.4, -0.2) is 91.1 Å². The van der Waals surface area contributed by atoms with Crippen molar-refractivity contribution in [3.05, 3.63) is 17.8 Å². The van der Waals surface area contributed by atoms with Crippen molar-refractivity contribution in [1.29, 1.82) is 0 Å². The van der Waals surface area contributed by atoms with Gasteiger partial charge in [-0.25, -0.2) is 14.8 Å². The van der Waals surface area contributed by atoms with Crippen molar-refractivity contribution < 1.29 is 37.3 Å². The predicted molar refractivity (Wildman–Crippen MR) is 110 cm³/mol. The highest BCUT2D eigenvalue weighted by molar-refractivity contribution is 7.17. The molecule has 2 aromatic rings. The number of nitrogens with zero attached hydrogens (tertiary/aromatic N) is 4. The number of hydrogen-bond donors (Lipinski definition) is 1. The first-order valence-corrected chi connectivity index (χ1v) is 10.6. The first-order valence-electron chi connectivity index (χ1n) is 9.73. The fraction of sp³-hybridized carbons (Fsp3) is 0.579. The molecule has 4 heterocycles. The Kier molecular flexibility index (Phi) is 7.51. The number of halogens is 3. The van der Waals surface area contributed by atoms with E-state index in [4.69, 9.17) is 19.4 Å². The number of carboxylic acid groups (broad SMARTS) is 1. The first-order chi connectivity index (χ1) is 15.1. The molecule has 0 aromatic carbocycles. The van der Waals surface area contributed by atoms with Gasteiger partial charge < -0.3 is 24.4 Å². The first kappa shape index (κ1) is 24.1. The fourth-order valence-electron chi connectivity index (χ4n) is 3.76. The van der Waals surface area contributed by atoms with Gasteiger partial charge in [0.05, 0.1) is 30.0 Å².